The zero-order chi connectivity index (χ0) is 12.3. The highest BCUT2D eigenvalue weighted by Crippen LogP contribution is 2.12. The van der Waals surface area contributed by atoms with Gasteiger partial charge < -0.3 is 15.5 Å². The number of guanidine groups is 1. The molecule has 0 atom stereocenters. The van der Waals surface area contributed by atoms with E-state index >= 15 is 0 Å². The van der Waals surface area contributed by atoms with E-state index in [1.165, 1.54) is 64.2 Å². The zero-order valence-electron chi connectivity index (χ0n) is 11.0. The molecule has 2 N–H and O–H groups in total. The van der Waals surface area contributed by atoms with E-state index < -0.39 is 0 Å². The third kappa shape index (κ3) is 6.59. The molecule has 17 heavy (non-hydrogen) atoms. The molecule has 0 amide bonds. The van der Waals surface area contributed by atoms with E-state index in [0.717, 1.165) is 13.1 Å². The molecule has 0 aromatic heterocycles. The van der Waals surface area contributed by atoms with Gasteiger partial charge in [0.2, 0.25) is 0 Å². The van der Waals surface area contributed by atoms with E-state index in [2.05, 4.69) is 9.80 Å². The van der Waals surface area contributed by atoms with Crippen LogP contribution in [-0.2, 0) is 0 Å². The van der Waals surface area contributed by atoms with Crippen LogP contribution in [0.4, 0.5) is 0 Å². The quantitative estimate of drug-likeness (QED) is 0.398. The summed E-state index contributed by atoms with van der Waals surface area (Å²) in [6.45, 7) is 2.01. The molecule has 3 nitrogen and oxygen atoms in total. The van der Waals surface area contributed by atoms with Gasteiger partial charge in [0.05, 0.1) is 0 Å². The molecule has 0 aliphatic carbocycles. The van der Waals surface area contributed by atoms with Crippen LogP contribution in [0.3, 0.4) is 0 Å². The monoisotopic (exact) mass is 235 g/mol. The van der Waals surface area contributed by atoms with Gasteiger partial charge in [-0.05, 0) is 12.8 Å². The van der Waals surface area contributed by atoms with Gasteiger partial charge in [0.25, 0.3) is 7.98 Å². The Bertz CT molecular complexity index is 205. The Morgan fingerprint density at radius 1 is 0.765 bits per heavy atom. The van der Waals surface area contributed by atoms with Crippen LogP contribution in [0, 0.1) is 0 Å². The topological polar surface area (TPSA) is 41.6 Å². The summed E-state index contributed by atoms with van der Waals surface area (Å²) in [4.78, 5) is 5.76. The standard InChI is InChI=1S/C13H26BN3/c14-16-13(15)17-11-9-7-5-3-1-2-4-6-8-10-12-17/h1-12H2,(H2,15,16). The number of hydrogen-bond acceptors (Lipinski definition) is 1. The summed E-state index contributed by atoms with van der Waals surface area (Å²) in [5.74, 6) is 0.500. The first-order chi connectivity index (χ1) is 8.34. The van der Waals surface area contributed by atoms with E-state index in [0.29, 0.717) is 5.96 Å². The average molecular weight is 235 g/mol. The minimum atomic E-state index is 0.500. The molecule has 0 unspecified atom stereocenters. The molecule has 1 heterocycles. The molecule has 1 saturated heterocycles. The third-order valence-corrected chi connectivity index (χ3v) is 3.56. The van der Waals surface area contributed by atoms with Gasteiger partial charge in [-0.15, -0.1) is 0 Å². The lowest BCUT2D eigenvalue weighted by Gasteiger charge is -2.23. The van der Waals surface area contributed by atoms with Gasteiger partial charge in [-0.25, -0.2) is 0 Å². The third-order valence-electron chi connectivity index (χ3n) is 3.56. The van der Waals surface area contributed by atoms with Crippen molar-refractivity contribution in [2.45, 2.75) is 64.2 Å². The normalized spacial score (nSPS) is 22.4. The molecule has 0 bridgehead atoms. The summed E-state index contributed by atoms with van der Waals surface area (Å²) in [5, 5.41) is 0. The Labute approximate surface area is 107 Å². The number of hydrogen-bond donors (Lipinski definition) is 1. The fourth-order valence-corrected chi connectivity index (χ4v) is 2.44. The van der Waals surface area contributed by atoms with E-state index in [1.807, 2.05) is 0 Å². The van der Waals surface area contributed by atoms with Crippen molar-refractivity contribution in [3.8, 4) is 0 Å². The molecule has 96 valence electrons. The van der Waals surface area contributed by atoms with Gasteiger partial charge in [-0.1, -0.05) is 51.4 Å². The molecule has 1 aliphatic rings. The van der Waals surface area contributed by atoms with Crippen molar-refractivity contribution in [1.82, 2.24) is 4.90 Å². The summed E-state index contributed by atoms with van der Waals surface area (Å²) in [7, 11) is 5.27. The van der Waals surface area contributed by atoms with Crippen molar-refractivity contribution in [2.24, 2.45) is 10.6 Å². The van der Waals surface area contributed by atoms with Gasteiger partial charge in [0.15, 0.2) is 5.96 Å². The second-order valence-corrected chi connectivity index (χ2v) is 5.01. The van der Waals surface area contributed by atoms with Crippen molar-refractivity contribution in [3.63, 3.8) is 0 Å². The minimum Gasteiger partial charge on any atom is -0.371 e. The maximum Gasteiger partial charge on any atom is 0.264 e. The van der Waals surface area contributed by atoms with E-state index in [4.69, 9.17) is 13.7 Å². The second kappa shape index (κ2) is 9.37. The first kappa shape index (κ1) is 14.4. The largest absolute Gasteiger partial charge is 0.371 e. The molecular weight excluding hydrogens is 209 g/mol. The van der Waals surface area contributed by atoms with Gasteiger partial charge in [-0.3, -0.25) is 0 Å². The van der Waals surface area contributed by atoms with Crippen molar-refractivity contribution in [2.75, 3.05) is 13.1 Å². The Hall–Kier alpha value is -0.665. The second-order valence-electron chi connectivity index (χ2n) is 5.01. The van der Waals surface area contributed by atoms with Crippen LogP contribution in [0.15, 0.2) is 4.90 Å². The van der Waals surface area contributed by atoms with Gasteiger partial charge in [0.1, 0.15) is 0 Å². The van der Waals surface area contributed by atoms with Crippen LogP contribution in [0.25, 0.3) is 0 Å². The van der Waals surface area contributed by atoms with Crippen LogP contribution in [0.5, 0.6) is 0 Å². The summed E-state index contributed by atoms with van der Waals surface area (Å²) < 4.78 is 0. The van der Waals surface area contributed by atoms with Crippen molar-refractivity contribution in [1.29, 1.82) is 0 Å². The van der Waals surface area contributed by atoms with Crippen LogP contribution in [-0.4, -0.2) is 31.9 Å². The number of rotatable bonds is 0. The smallest absolute Gasteiger partial charge is 0.264 e. The van der Waals surface area contributed by atoms with E-state index in [1.54, 1.807) is 0 Å². The zero-order valence-corrected chi connectivity index (χ0v) is 11.0. The Morgan fingerprint density at radius 3 is 1.47 bits per heavy atom. The summed E-state index contributed by atoms with van der Waals surface area (Å²) in [6, 6.07) is 0. The Balaban J connectivity index is 2.36. The van der Waals surface area contributed by atoms with Crippen LogP contribution < -0.4 is 5.73 Å². The lowest BCUT2D eigenvalue weighted by atomic mass is 10.1. The predicted octanol–water partition coefficient (Wildman–Crippen LogP) is 2.60. The van der Waals surface area contributed by atoms with Crippen molar-refractivity contribution >= 4 is 13.9 Å². The lowest BCUT2D eigenvalue weighted by molar-refractivity contribution is 0.385. The van der Waals surface area contributed by atoms with Gasteiger partial charge in [0, 0.05) is 13.1 Å². The molecule has 1 fully saturated rings. The first-order valence-electron chi connectivity index (χ1n) is 7.13. The highest BCUT2D eigenvalue weighted by atomic mass is 15.2. The molecule has 0 saturated carbocycles. The van der Waals surface area contributed by atoms with Gasteiger partial charge in [-0.2, -0.15) is 0 Å². The van der Waals surface area contributed by atoms with Crippen LogP contribution in [0.2, 0.25) is 0 Å². The Morgan fingerprint density at radius 2 is 1.12 bits per heavy atom. The summed E-state index contributed by atoms with van der Waals surface area (Å²) in [6.07, 6.45) is 13.3. The van der Waals surface area contributed by atoms with E-state index in [-0.39, 0.29) is 0 Å². The molecule has 0 spiro atoms. The average Bonchev–Trinajstić information content (AvgIpc) is 2.38. The fourth-order valence-electron chi connectivity index (χ4n) is 2.44. The van der Waals surface area contributed by atoms with Crippen LogP contribution >= 0.6 is 0 Å². The summed E-state index contributed by atoms with van der Waals surface area (Å²) >= 11 is 0. The number of nitrogens with two attached hydrogens (primary N) is 1. The molecule has 0 aromatic carbocycles. The first-order valence-corrected chi connectivity index (χ1v) is 7.13. The molecular formula is C13H26BN3. The van der Waals surface area contributed by atoms with Crippen molar-refractivity contribution in [3.05, 3.63) is 0 Å². The summed E-state index contributed by atoms with van der Waals surface area (Å²) in [5.41, 5.74) is 5.81. The van der Waals surface area contributed by atoms with Crippen molar-refractivity contribution < 1.29 is 0 Å². The maximum atomic E-state index is 5.81. The fraction of sp³-hybridized carbons (Fsp3) is 0.923. The minimum absolute atomic E-state index is 0.500. The van der Waals surface area contributed by atoms with E-state index in [9.17, 15) is 0 Å². The molecule has 1 aliphatic heterocycles. The number of nitrogens with zero attached hydrogens (tertiary/aromatic N) is 2. The molecule has 2 radical (unpaired) electrons. The molecule has 0 aromatic rings. The lowest BCUT2D eigenvalue weighted by Crippen LogP contribution is -2.38. The maximum absolute atomic E-state index is 5.81. The predicted molar refractivity (Wildman–Crippen MR) is 75.1 cm³/mol. The van der Waals surface area contributed by atoms with Gasteiger partial charge >= 0.3 is 0 Å². The van der Waals surface area contributed by atoms with Crippen LogP contribution in [0.1, 0.15) is 64.2 Å². The highest BCUT2D eigenvalue weighted by Gasteiger charge is 2.06. The molecule has 1 rings (SSSR count). The molecule has 4 heteroatoms. The highest BCUT2D eigenvalue weighted by molar-refractivity contribution is 6.11. The SMILES string of the molecule is [B]N=C(N)N1CCCCCCCCCCCC1. The Kier molecular flexibility index (Phi) is 7.94.